The number of hydrogen-bond acceptors (Lipinski definition) is 7. The van der Waals surface area contributed by atoms with Crippen LogP contribution in [0.4, 0.5) is 18.9 Å². The second-order valence-corrected chi connectivity index (χ2v) is 8.31. The lowest BCUT2D eigenvalue weighted by Gasteiger charge is -2.34. The molecule has 0 amide bonds. The first kappa shape index (κ1) is 22.8. The van der Waals surface area contributed by atoms with E-state index in [0.717, 1.165) is 23.4 Å². The van der Waals surface area contributed by atoms with E-state index in [9.17, 15) is 18.4 Å². The van der Waals surface area contributed by atoms with Crippen molar-refractivity contribution < 1.29 is 22.7 Å². The number of alkyl halides is 3. The molecule has 3 heterocycles. The minimum atomic E-state index is -4.43. The molecular formula is C24H19F3N6O2. The number of benzene rings is 2. The topological polar surface area (TPSA) is 97.5 Å². The number of aryl methyl sites for hydroxylation is 1. The minimum absolute atomic E-state index is 0.259. The SMILES string of the molecule is Cc1cc(-c2ncc3cc(C(F)(F)F)ccc3n2)ccc1N1CCOC2=C(C1)[N+]([O-])(CC#N)N=C2. The van der Waals surface area contributed by atoms with E-state index < -0.39 is 16.5 Å². The molecule has 2 aliphatic heterocycles. The number of hydroxylamine groups is 2. The van der Waals surface area contributed by atoms with Crippen LogP contribution >= 0.6 is 0 Å². The van der Waals surface area contributed by atoms with Crippen molar-refractivity contribution in [2.45, 2.75) is 13.1 Å². The number of aromatic nitrogens is 2. The van der Waals surface area contributed by atoms with Crippen molar-refractivity contribution in [1.29, 1.82) is 5.26 Å². The highest BCUT2D eigenvalue weighted by atomic mass is 19.4. The van der Waals surface area contributed by atoms with Crippen LogP contribution < -0.4 is 4.90 Å². The second-order valence-electron chi connectivity index (χ2n) is 8.31. The van der Waals surface area contributed by atoms with Crippen LogP contribution in [-0.2, 0) is 10.9 Å². The molecule has 8 nitrogen and oxygen atoms in total. The van der Waals surface area contributed by atoms with E-state index in [2.05, 4.69) is 15.1 Å². The van der Waals surface area contributed by atoms with E-state index in [1.807, 2.05) is 36.1 Å². The van der Waals surface area contributed by atoms with Crippen molar-refractivity contribution in [3.05, 3.63) is 70.4 Å². The smallest absolute Gasteiger partial charge is 0.416 e. The molecule has 0 fully saturated rings. The fourth-order valence-corrected chi connectivity index (χ4v) is 4.23. The first-order chi connectivity index (χ1) is 16.7. The summed E-state index contributed by atoms with van der Waals surface area (Å²) in [5.41, 5.74) is 2.52. The zero-order chi connectivity index (χ0) is 24.8. The van der Waals surface area contributed by atoms with Crippen molar-refractivity contribution in [3.8, 4) is 17.5 Å². The van der Waals surface area contributed by atoms with Gasteiger partial charge in [-0.3, -0.25) is 0 Å². The van der Waals surface area contributed by atoms with E-state index in [1.165, 1.54) is 18.5 Å². The van der Waals surface area contributed by atoms with E-state index in [4.69, 9.17) is 10.00 Å². The van der Waals surface area contributed by atoms with Crippen molar-refractivity contribution in [3.63, 3.8) is 0 Å². The molecule has 35 heavy (non-hydrogen) atoms. The monoisotopic (exact) mass is 480 g/mol. The van der Waals surface area contributed by atoms with Crippen molar-refractivity contribution in [2.24, 2.45) is 5.10 Å². The predicted molar refractivity (Wildman–Crippen MR) is 123 cm³/mol. The van der Waals surface area contributed by atoms with E-state index in [1.54, 1.807) is 0 Å². The third kappa shape index (κ3) is 4.18. The lowest BCUT2D eigenvalue weighted by atomic mass is 10.1. The van der Waals surface area contributed by atoms with Crippen LogP contribution in [0, 0.1) is 23.5 Å². The quantitative estimate of drug-likeness (QED) is 0.311. The van der Waals surface area contributed by atoms with Gasteiger partial charge in [-0.2, -0.15) is 23.2 Å². The molecule has 0 saturated carbocycles. The normalized spacial score (nSPS) is 19.9. The molecule has 1 atom stereocenters. The highest BCUT2D eigenvalue weighted by Crippen LogP contribution is 2.34. The van der Waals surface area contributed by atoms with Crippen LogP contribution in [0.2, 0.25) is 0 Å². The van der Waals surface area contributed by atoms with Gasteiger partial charge in [0.25, 0.3) is 0 Å². The average Bonchev–Trinajstić information content (AvgIpc) is 2.99. The van der Waals surface area contributed by atoms with Crippen LogP contribution in [0.15, 0.2) is 59.2 Å². The third-order valence-corrected chi connectivity index (χ3v) is 6.01. The number of fused-ring (bicyclic) bond motifs is 1. The summed E-state index contributed by atoms with van der Waals surface area (Å²) in [5, 5.41) is 26.3. The van der Waals surface area contributed by atoms with E-state index in [0.29, 0.717) is 46.9 Å². The van der Waals surface area contributed by atoms with Crippen molar-refractivity contribution in [2.75, 3.05) is 31.1 Å². The molecule has 1 unspecified atom stereocenters. The molecule has 0 bridgehead atoms. The Kier molecular flexibility index (Phi) is 5.42. The molecule has 0 spiro atoms. The Labute approximate surface area is 198 Å². The highest BCUT2D eigenvalue weighted by molar-refractivity contribution is 5.81. The van der Waals surface area contributed by atoms with Gasteiger partial charge in [0.2, 0.25) is 5.76 Å². The Hall–Kier alpha value is -4.01. The number of quaternary nitrogens is 1. The van der Waals surface area contributed by atoms with Crippen LogP contribution in [-0.4, -0.2) is 47.2 Å². The Morgan fingerprint density at radius 1 is 1.23 bits per heavy atom. The second kappa shape index (κ2) is 8.33. The zero-order valence-electron chi connectivity index (χ0n) is 18.6. The molecular weight excluding hydrogens is 461 g/mol. The summed E-state index contributed by atoms with van der Waals surface area (Å²) in [6, 6.07) is 10.9. The number of allylic oxidation sites excluding steroid dienone is 1. The van der Waals surface area contributed by atoms with Gasteiger partial charge in [-0.15, -0.1) is 0 Å². The summed E-state index contributed by atoms with van der Waals surface area (Å²) in [6.45, 7) is 2.72. The molecule has 0 radical (unpaired) electrons. The molecule has 0 saturated heterocycles. The highest BCUT2D eigenvalue weighted by Gasteiger charge is 2.36. The standard InChI is InChI=1S/C24H19F3N6O2/c1-15-10-16(23-29-12-17-11-18(24(25,26)27)3-4-19(17)31-23)2-5-20(15)32-7-9-35-22-13-30-33(34,8-6-28)21(22)14-32/h2-5,10-13H,7-9,14H2,1H3. The maximum atomic E-state index is 13.0. The van der Waals surface area contributed by atoms with Gasteiger partial charge in [-0.1, -0.05) is 5.10 Å². The Morgan fingerprint density at radius 2 is 2.06 bits per heavy atom. The van der Waals surface area contributed by atoms with Crippen molar-refractivity contribution in [1.82, 2.24) is 9.97 Å². The van der Waals surface area contributed by atoms with E-state index >= 15 is 0 Å². The van der Waals surface area contributed by atoms with Gasteiger partial charge in [0, 0.05) is 22.8 Å². The third-order valence-electron chi connectivity index (χ3n) is 6.01. The Morgan fingerprint density at radius 3 is 2.80 bits per heavy atom. The lowest BCUT2D eigenvalue weighted by molar-refractivity contribution is -0.839. The summed E-state index contributed by atoms with van der Waals surface area (Å²) in [5.74, 6) is 0.801. The molecule has 5 rings (SSSR count). The number of rotatable bonds is 3. The summed E-state index contributed by atoms with van der Waals surface area (Å²) in [4.78, 5) is 10.7. The molecule has 2 aliphatic rings. The zero-order valence-corrected chi connectivity index (χ0v) is 18.6. The Balaban J connectivity index is 1.43. The fourth-order valence-electron chi connectivity index (χ4n) is 4.23. The summed E-state index contributed by atoms with van der Waals surface area (Å²) in [6.07, 6.45) is -1.66. The number of halogens is 3. The number of nitriles is 1. The molecule has 3 aromatic rings. The predicted octanol–water partition coefficient (Wildman–Crippen LogP) is 4.51. The Bertz CT molecular complexity index is 1430. The first-order valence-corrected chi connectivity index (χ1v) is 10.8. The molecule has 2 aromatic carbocycles. The van der Waals surface area contributed by atoms with Gasteiger partial charge < -0.3 is 14.8 Å². The first-order valence-electron chi connectivity index (χ1n) is 10.8. The maximum Gasteiger partial charge on any atom is 0.416 e. The van der Waals surface area contributed by atoms with Gasteiger partial charge in [0.05, 0.1) is 24.2 Å². The number of ether oxygens (including phenoxy) is 1. The summed E-state index contributed by atoms with van der Waals surface area (Å²) < 4.78 is 43.5. The molecule has 0 N–H and O–H groups in total. The largest absolute Gasteiger partial charge is 0.599 e. The van der Waals surface area contributed by atoms with Crippen molar-refractivity contribution >= 4 is 22.8 Å². The number of nitrogens with zero attached hydrogens (tertiary/aromatic N) is 6. The summed E-state index contributed by atoms with van der Waals surface area (Å²) >= 11 is 0. The van der Waals surface area contributed by atoms with Gasteiger partial charge in [0.1, 0.15) is 18.9 Å². The van der Waals surface area contributed by atoms with Crippen LogP contribution in [0.1, 0.15) is 11.1 Å². The average molecular weight is 480 g/mol. The molecule has 11 heteroatoms. The van der Waals surface area contributed by atoms with Gasteiger partial charge in [0.15, 0.2) is 18.1 Å². The van der Waals surface area contributed by atoms with Crippen LogP contribution in [0.25, 0.3) is 22.3 Å². The van der Waals surface area contributed by atoms with Gasteiger partial charge in [-0.05, 0) is 48.9 Å². The number of hydrogen-bond donors (Lipinski definition) is 0. The fraction of sp³-hybridized carbons (Fsp3) is 0.250. The summed E-state index contributed by atoms with van der Waals surface area (Å²) in [7, 11) is 0. The lowest BCUT2D eigenvalue weighted by Crippen LogP contribution is -2.40. The molecule has 1 aromatic heterocycles. The molecule has 0 aliphatic carbocycles. The van der Waals surface area contributed by atoms with Gasteiger partial charge >= 0.3 is 6.18 Å². The van der Waals surface area contributed by atoms with Crippen LogP contribution in [0.3, 0.4) is 0 Å². The number of anilines is 1. The van der Waals surface area contributed by atoms with Crippen LogP contribution in [0.5, 0.6) is 0 Å². The van der Waals surface area contributed by atoms with Gasteiger partial charge in [-0.25, -0.2) is 9.97 Å². The maximum absolute atomic E-state index is 13.0. The molecule has 178 valence electrons. The van der Waals surface area contributed by atoms with E-state index in [-0.39, 0.29) is 13.1 Å². The minimum Gasteiger partial charge on any atom is -0.599 e.